The number of hydrogen-bond donors (Lipinski definition) is 0. The maximum Gasteiger partial charge on any atom is 0.135 e. The summed E-state index contributed by atoms with van der Waals surface area (Å²) in [7, 11) is 0. The Balaban J connectivity index is 1.39. The van der Waals surface area contributed by atoms with Crippen LogP contribution in [0.1, 0.15) is 11.1 Å². The first-order chi connectivity index (χ1) is 21.2. The first-order valence-electron chi connectivity index (χ1n) is 14.0. The number of fused-ring (bicyclic) bond motifs is 10. The molecule has 0 saturated heterocycles. The second-order valence-electron chi connectivity index (χ2n) is 10.7. The summed E-state index contributed by atoms with van der Waals surface area (Å²) in [6, 6.07) is 43.7. The maximum atomic E-state index is 10.4. The summed E-state index contributed by atoms with van der Waals surface area (Å²) in [5.41, 5.74) is 7.58. The Hall–Kier alpha value is -5.88. The molecule has 0 amide bonds. The first-order valence-corrected chi connectivity index (χ1v) is 14.8. The molecule has 198 valence electrons. The molecule has 5 heteroatoms. The summed E-state index contributed by atoms with van der Waals surface area (Å²) >= 11 is 1.82. The fourth-order valence-corrected chi connectivity index (χ4v) is 7.86. The van der Waals surface area contributed by atoms with Crippen LogP contribution in [0.2, 0.25) is 0 Å². The summed E-state index contributed by atoms with van der Waals surface area (Å²) in [4.78, 5) is 0. The van der Waals surface area contributed by atoms with E-state index in [1.807, 2.05) is 47.7 Å². The van der Waals surface area contributed by atoms with E-state index >= 15 is 0 Å². The SMILES string of the molecule is N#Cc1ccc2oc3ccc(-c4cccc(C#N)c4-n4c5ccccc5c5c6sc7ccccc7c6ccc54)cc3c2c1. The van der Waals surface area contributed by atoms with Gasteiger partial charge in [-0.05, 0) is 60.2 Å². The number of nitrogens with zero attached hydrogens (tertiary/aromatic N) is 3. The standard InChI is InChI=1S/C38H19N3OS/c39-20-22-12-16-33-29(18-22)30-19-23(13-17-34(30)42-33)25-9-5-6-24(21-40)37(25)41-31-10-3-1-8-28(31)36-32(41)15-14-27-26-7-2-4-11-35(26)43-38(27)36/h1-19H. The predicted octanol–water partition coefficient (Wildman–Crippen LogP) is 10.5. The Morgan fingerprint density at radius 2 is 1.40 bits per heavy atom. The molecule has 0 aliphatic carbocycles. The number of benzene rings is 6. The second kappa shape index (κ2) is 8.81. The van der Waals surface area contributed by atoms with E-state index in [2.05, 4.69) is 89.5 Å². The molecule has 0 radical (unpaired) electrons. The van der Waals surface area contributed by atoms with E-state index in [0.717, 1.165) is 55.2 Å². The fourth-order valence-electron chi connectivity index (χ4n) is 6.60. The first kappa shape index (κ1) is 23.8. The number of nitriles is 2. The minimum atomic E-state index is 0.589. The molecule has 0 fully saturated rings. The van der Waals surface area contributed by atoms with E-state index in [9.17, 15) is 10.5 Å². The van der Waals surface area contributed by atoms with E-state index in [4.69, 9.17) is 4.42 Å². The molecule has 0 saturated carbocycles. The highest BCUT2D eigenvalue weighted by molar-refractivity contribution is 7.26. The summed E-state index contributed by atoms with van der Waals surface area (Å²) in [6.07, 6.45) is 0. The highest BCUT2D eigenvalue weighted by Gasteiger charge is 2.22. The predicted molar refractivity (Wildman–Crippen MR) is 176 cm³/mol. The molecular weight excluding hydrogens is 547 g/mol. The number of para-hydroxylation sites is 2. The van der Waals surface area contributed by atoms with Gasteiger partial charge in [-0.3, -0.25) is 0 Å². The van der Waals surface area contributed by atoms with Crippen molar-refractivity contribution < 1.29 is 4.42 Å². The second-order valence-corrected chi connectivity index (χ2v) is 11.8. The molecule has 0 aliphatic heterocycles. The van der Waals surface area contributed by atoms with Gasteiger partial charge in [-0.1, -0.05) is 60.7 Å². The molecule has 3 heterocycles. The minimum Gasteiger partial charge on any atom is -0.456 e. The molecular formula is C38H19N3OS. The van der Waals surface area contributed by atoms with Crippen molar-refractivity contribution in [1.82, 2.24) is 4.57 Å². The third-order valence-electron chi connectivity index (χ3n) is 8.47. The van der Waals surface area contributed by atoms with Crippen LogP contribution in [0.3, 0.4) is 0 Å². The van der Waals surface area contributed by atoms with Crippen molar-refractivity contribution in [1.29, 1.82) is 10.5 Å². The number of rotatable bonds is 2. The van der Waals surface area contributed by atoms with Gasteiger partial charge < -0.3 is 8.98 Å². The highest BCUT2D eigenvalue weighted by atomic mass is 32.1. The van der Waals surface area contributed by atoms with Gasteiger partial charge >= 0.3 is 0 Å². The molecule has 6 aromatic carbocycles. The van der Waals surface area contributed by atoms with Crippen molar-refractivity contribution >= 4 is 75.3 Å². The van der Waals surface area contributed by atoms with Gasteiger partial charge in [0.05, 0.1) is 33.9 Å². The van der Waals surface area contributed by atoms with Crippen molar-refractivity contribution in [3.05, 3.63) is 126 Å². The van der Waals surface area contributed by atoms with E-state index in [1.165, 1.54) is 25.6 Å². The maximum absolute atomic E-state index is 10.4. The Kier molecular flexibility index (Phi) is 4.87. The molecule has 0 bridgehead atoms. The topological polar surface area (TPSA) is 65.7 Å². The summed E-state index contributed by atoms with van der Waals surface area (Å²) in [5.74, 6) is 0. The van der Waals surface area contributed by atoms with Crippen LogP contribution in [0.4, 0.5) is 0 Å². The third-order valence-corrected chi connectivity index (χ3v) is 9.67. The average molecular weight is 566 g/mol. The summed E-state index contributed by atoms with van der Waals surface area (Å²) in [6.45, 7) is 0. The van der Waals surface area contributed by atoms with Crippen LogP contribution in [-0.2, 0) is 0 Å². The summed E-state index contributed by atoms with van der Waals surface area (Å²) in [5, 5.41) is 26.6. The zero-order valence-corrected chi connectivity index (χ0v) is 23.4. The Bertz CT molecular complexity index is 2710. The summed E-state index contributed by atoms with van der Waals surface area (Å²) < 4.78 is 10.9. The molecule has 0 atom stereocenters. The molecule has 0 unspecified atom stereocenters. The Morgan fingerprint density at radius 3 is 2.26 bits per heavy atom. The highest BCUT2D eigenvalue weighted by Crippen LogP contribution is 2.45. The van der Waals surface area contributed by atoms with Crippen LogP contribution >= 0.6 is 11.3 Å². The van der Waals surface area contributed by atoms with Gasteiger partial charge in [-0.2, -0.15) is 10.5 Å². The lowest BCUT2D eigenvalue weighted by atomic mass is 9.98. The van der Waals surface area contributed by atoms with Crippen molar-refractivity contribution in [2.75, 3.05) is 0 Å². The van der Waals surface area contributed by atoms with Crippen molar-refractivity contribution in [2.24, 2.45) is 0 Å². The molecule has 4 nitrogen and oxygen atoms in total. The Morgan fingerprint density at radius 1 is 0.605 bits per heavy atom. The lowest BCUT2D eigenvalue weighted by molar-refractivity contribution is 0.669. The van der Waals surface area contributed by atoms with Gasteiger partial charge in [0.25, 0.3) is 0 Å². The zero-order chi connectivity index (χ0) is 28.7. The normalized spacial score (nSPS) is 11.7. The lowest BCUT2D eigenvalue weighted by Crippen LogP contribution is -2.00. The van der Waals surface area contributed by atoms with Gasteiger partial charge in [0, 0.05) is 47.3 Å². The van der Waals surface area contributed by atoms with Gasteiger partial charge in [0.1, 0.15) is 17.2 Å². The average Bonchev–Trinajstić information content (AvgIpc) is 3.73. The smallest absolute Gasteiger partial charge is 0.135 e. The van der Waals surface area contributed by atoms with E-state index < -0.39 is 0 Å². The largest absolute Gasteiger partial charge is 0.456 e. The molecule has 9 rings (SSSR count). The van der Waals surface area contributed by atoms with E-state index in [-0.39, 0.29) is 0 Å². The van der Waals surface area contributed by atoms with Gasteiger partial charge in [-0.25, -0.2) is 0 Å². The van der Waals surface area contributed by atoms with Gasteiger partial charge in [0.15, 0.2) is 0 Å². The monoisotopic (exact) mass is 565 g/mol. The van der Waals surface area contributed by atoms with Crippen molar-refractivity contribution in [2.45, 2.75) is 0 Å². The van der Waals surface area contributed by atoms with Crippen molar-refractivity contribution in [3.63, 3.8) is 0 Å². The third kappa shape index (κ3) is 3.29. The number of furan rings is 1. The molecule has 0 spiro atoms. The number of thiophene rings is 1. The molecule has 43 heavy (non-hydrogen) atoms. The number of aromatic nitrogens is 1. The van der Waals surface area contributed by atoms with Crippen molar-refractivity contribution in [3.8, 4) is 29.0 Å². The van der Waals surface area contributed by atoms with Crippen LogP contribution in [0.25, 0.3) is 80.7 Å². The van der Waals surface area contributed by atoms with Crippen LogP contribution < -0.4 is 0 Å². The van der Waals surface area contributed by atoms with Crippen LogP contribution in [0.15, 0.2) is 120 Å². The van der Waals surface area contributed by atoms with Gasteiger partial charge in [0.2, 0.25) is 0 Å². The van der Waals surface area contributed by atoms with Crippen LogP contribution in [-0.4, -0.2) is 4.57 Å². The fraction of sp³-hybridized carbons (Fsp3) is 0. The van der Waals surface area contributed by atoms with Crippen LogP contribution in [0.5, 0.6) is 0 Å². The molecule has 3 aromatic heterocycles. The quantitative estimate of drug-likeness (QED) is 0.209. The lowest BCUT2D eigenvalue weighted by Gasteiger charge is -2.16. The van der Waals surface area contributed by atoms with E-state index in [0.29, 0.717) is 11.1 Å². The zero-order valence-electron chi connectivity index (χ0n) is 22.6. The van der Waals surface area contributed by atoms with Gasteiger partial charge in [-0.15, -0.1) is 11.3 Å². The van der Waals surface area contributed by atoms with Crippen LogP contribution in [0, 0.1) is 22.7 Å². The molecule has 0 N–H and O–H groups in total. The number of hydrogen-bond acceptors (Lipinski definition) is 4. The molecule has 0 aliphatic rings. The van der Waals surface area contributed by atoms with E-state index in [1.54, 1.807) is 6.07 Å². The molecule has 9 aromatic rings. The Labute approximate surface area is 249 Å². The minimum absolute atomic E-state index is 0.589.